The number of hydrogen-bond donors (Lipinski definition) is 1. The molecule has 2 aliphatic rings. The van der Waals surface area contributed by atoms with Gasteiger partial charge in [-0.1, -0.05) is 30.3 Å². The van der Waals surface area contributed by atoms with Gasteiger partial charge in [0, 0.05) is 29.4 Å². The standard InChI is InChI=1S/C22H22N2O4S/c25-19(14-24-20(26)17-8-4-5-9-18(17)21(24)27)23-15-22(10-12-28-13-11-22)29-16-6-2-1-3-7-16/h1-9H,10-15H2,(H,23,25). The highest BCUT2D eigenvalue weighted by molar-refractivity contribution is 8.00. The largest absolute Gasteiger partial charge is 0.381 e. The number of rotatable bonds is 6. The number of nitrogens with zero attached hydrogens (tertiary/aromatic N) is 1. The Labute approximate surface area is 173 Å². The van der Waals surface area contributed by atoms with E-state index >= 15 is 0 Å². The van der Waals surface area contributed by atoms with Crippen molar-refractivity contribution in [1.29, 1.82) is 0 Å². The van der Waals surface area contributed by atoms with Gasteiger partial charge in [0.05, 0.1) is 11.1 Å². The lowest BCUT2D eigenvalue weighted by atomic mass is 9.99. The summed E-state index contributed by atoms with van der Waals surface area (Å²) in [4.78, 5) is 39.7. The molecule has 2 aromatic carbocycles. The second-order valence-corrected chi connectivity index (χ2v) is 8.77. The van der Waals surface area contributed by atoms with E-state index < -0.39 is 11.8 Å². The smallest absolute Gasteiger partial charge is 0.262 e. The number of amides is 3. The minimum absolute atomic E-state index is 0.169. The third-order valence-electron chi connectivity index (χ3n) is 5.27. The first kappa shape index (κ1) is 19.7. The number of carbonyl (C=O) groups excluding carboxylic acids is 3. The van der Waals surface area contributed by atoms with Crippen molar-refractivity contribution < 1.29 is 19.1 Å². The highest BCUT2D eigenvalue weighted by Crippen LogP contribution is 2.40. The molecule has 0 radical (unpaired) electrons. The lowest BCUT2D eigenvalue weighted by molar-refractivity contribution is -0.121. The number of nitrogens with one attached hydrogen (secondary N) is 1. The molecule has 0 spiro atoms. The monoisotopic (exact) mass is 410 g/mol. The summed E-state index contributed by atoms with van der Waals surface area (Å²) in [6.45, 7) is 1.48. The van der Waals surface area contributed by atoms with Crippen molar-refractivity contribution >= 4 is 29.5 Å². The predicted octanol–water partition coefficient (Wildman–Crippen LogP) is 2.74. The number of fused-ring (bicyclic) bond motifs is 1. The molecule has 0 aliphatic carbocycles. The van der Waals surface area contributed by atoms with E-state index in [1.807, 2.05) is 18.2 Å². The molecule has 4 rings (SSSR count). The van der Waals surface area contributed by atoms with E-state index in [1.54, 1.807) is 36.0 Å². The molecule has 0 aromatic heterocycles. The Balaban J connectivity index is 1.40. The van der Waals surface area contributed by atoms with Crippen molar-refractivity contribution in [2.45, 2.75) is 22.5 Å². The van der Waals surface area contributed by atoms with Crippen LogP contribution in [-0.4, -0.2) is 53.7 Å². The Kier molecular flexibility index (Phi) is 5.69. The Bertz CT molecular complexity index is 890. The van der Waals surface area contributed by atoms with Crippen LogP contribution in [0.3, 0.4) is 0 Å². The molecule has 0 saturated carbocycles. The van der Waals surface area contributed by atoms with E-state index in [2.05, 4.69) is 17.4 Å². The van der Waals surface area contributed by atoms with Crippen molar-refractivity contribution in [3.05, 3.63) is 65.7 Å². The summed E-state index contributed by atoms with van der Waals surface area (Å²) in [7, 11) is 0. The maximum atomic E-state index is 12.6. The van der Waals surface area contributed by atoms with Crippen LogP contribution in [0.2, 0.25) is 0 Å². The molecule has 1 N–H and O–H groups in total. The van der Waals surface area contributed by atoms with Crippen LogP contribution in [-0.2, 0) is 9.53 Å². The number of thioether (sulfide) groups is 1. The van der Waals surface area contributed by atoms with Crippen molar-refractivity contribution in [3.8, 4) is 0 Å². The zero-order valence-electron chi connectivity index (χ0n) is 15.9. The van der Waals surface area contributed by atoms with E-state index in [1.165, 1.54) is 0 Å². The van der Waals surface area contributed by atoms with Crippen LogP contribution >= 0.6 is 11.8 Å². The van der Waals surface area contributed by atoms with Crippen molar-refractivity contribution in [1.82, 2.24) is 10.2 Å². The zero-order chi connectivity index (χ0) is 20.3. The van der Waals surface area contributed by atoms with Crippen LogP contribution in [0, 0.1) is 0 Å². The van der Waals surface area contributed by atoms with Gasteiger partial charge in [0.15, 0.2) is 0 Å². The number of carbonyl (C=O) groups is 3. The molecule has 0 unspecified atom stereocenters. The number of benzene rings is 2. The zero-order valence-corrected chi connectivity index (χ0v) is 16.7. The first-order valence-electron chi connectivity index (χ1n) is 9.62. The molecule has 6 nitrogen and oxygen atoms in total. The van der Waals surface area contributed by atoms with Crippen molar-refractivity contribution in [2.75, 3.05) is 26.3 Å². The van der Waals surface area contributed by atoms with Crippen molar-refractivity contribution in [3.63, 3.8) is 0 Å². The SMILES string of the molecule is O=C(CN1C(=O)c2ccccc2C1=O)NCC1(Sc2ccccc2)CCOCC1. The third kappa shape index (κ3) is 4.21. The van der Waals surface area contributed by atoms with E-state index in [4.69, 9.17) is 4.74 Å². The maximum absolute atomic E-state index is 12.6. The van der Waals surface area contributed by atoms with Crippen LogP contribution in [0.25, 0.3) is 0 Å². The van der Waals surface area contributed by atoms with Gasteiger partial charge in [-0.05, 0) is 37.1 Å². The molecule has 1 fully saturated rings. The molecular formula is C22H22N2O4S. The highest BCUT2D eigenvalue weighted by atomic mass is 32.2. The molecule has 29 heavy (non-hydrogen) atoms. The first-order valence-corrected chi connectivity index (χ1v) is 10.4. The minimum Gasteiger partial charge on any atom is -0.381 e. The summed E-state index contributed by atoms with van der Waals surface area (Å²) in [6, 6.07) is 16.7. The fourth-order valence-electron chi connectivity index (χ4n) is 3.64. The molecule has 0 atom stereocenters. The summed E-state index contributed by atoms with van der Waals surface area (Å²) in [5, 5.41) is 2.95. The van der Waals surface area contributed by atoms with Gasteiger partial charge in [-0.2, -0.15) is 0 Å². The topological polar surface area (TPSA) is 75.7 Å². The van der Waals surface area contributed by atoms with Gasteiger partial charge in [0.25, 0.3) is 11.8 Å². The second kappa shape index (κ2) is 8.39. The molecule has 2 aliphatic heterocycles. The number of hydrogen-bond acceptors (Lipinski definition) is 5. The summed E-state index contributed by atoms with van der Waals surface area (Å²) in [5.41, 5.74) is 0.705. The first-order chi connectivity index (χ1) is 14.1. The Hall–Kier alpha value is -2.64. The molecule has 1 saturated heterocycles. The van der Waals surface area contributed by atoms with E-state index in [0.29, 0.717) is 30.9 Å². The van der Waals surface area contributed by atoms with Gasteiger partial charge in [0.1, 0.15) is 6.54 Å². The van der Waals surface area contributed by atoms with Gasteiger partial charge in [-0.25, -0.2) is 0 Å². The van der Waals surface area contributed by atoms with Crippen LogP contribution in [0.1, 0.15) is 33.6 Å². The Morgan fingerprint density at radius 2 is 1.55 bits per heavy atom. The Morgan fingerprint density at radius 1 is 0.966 bits per heavy atom. The predicted molar refractivity (Wildman–Crippen MR) is 110 cm³/mol. The van der Waals surface area contributed by atoms with Gasteiger partial charge in [-0.3, -0.25) is 19.3 Å². The van der Waals surface area contributed by atoms with E-state index in [0.717, 1.165) is 22.6 Å². The average Bonchev–Trinajstić information content (AvgIpc) is 2.99. The fraction of sp³-hybridized carbons (Fsp3) is 0.318. The second-order valence-electron chi connectivity index (χ2n) is 7.23. The van der Waals surface area contributed by atoms with Crippen LogP contribution < -0.4 is 5.32 Å². The molecule has 2 aromatic rings. The fourth-order valence-corrected chi connectivity index (χ4v) is 4.95. The van der Waals surface area contributed by atoms with Gasteiger partial charge >= 0.3 is 0 Å². The summed E-state index contributed by atoms with van der Waals surface area (Å²) >= 11 is 1.75. The van der Waals surface area contributed by atoms with E-state index in [-0.39, 0.29) is 17.2 Å². The van der Waals surface area contributed by atoms with E-state index in [9.17, 15) is 14.4 Å². The molecule has 3 amide bonds. The third-order valence-corrected chi connectivity index (χ3v) is 6.76. The minimum atomic E-state index is -0.416. The van der Waals surface area contributed by atoms with Gasteiger partial charge < -0.3 is 10.1 Å². The lowest BCUT2D eigenvalue weighted by Gasteiger charge is -2.36. The average molecular weight is 410 g/mol. The molecule has 0 bridgehead atoms. The normalized spacial score (nSPS) is 17.9. The highest BCUT2D eigenvalue weighted by Gasteiger charge is 2.38. The molecule has 7 heteroatoms. The van der Waals surface area contributed by atoms with Gasteiger partial charge in [0.2, 0.25) is 5.91 Å². The molecular weight excluding hydrogens is 388 g/mol. The summed E-state index contributed by atoms with van der Waals surface area (Å²) in [5.74, 6) is -1.17. The van der Waals surface area contributed by atoms with Crippen LogP contribution in [0.4, 0.5) is 0 Å². The number of ether oxygens (including phenoxy) is 1. The quantitative estimate of drug-likeness (QED) is 0.741. The summed E-state index contributed by atoms with van der Waals surface area (Å²) < 4.78 is 5.35. The Morgan fingerprint density at radius 3 is 2.17 bits per heavy atom. The molecule has 2 heterocycles. The maximum Gasteiger partial charge on any atom is 0.262 e. The van der Waals surface area contributed by atoms with Crippen LogP contribution in [0.5, 0.6) is 0 Å². The molecule has 150 valence electrons. The number of imide groups is 1. The van der Waals surface area contributed by atoms with Crippen molar-refractivity contribution in [2.24, 2.45) is 0 Å². The van der Waals surface area contributed by atoms with Crippen LogP contribution in [0.15, 0.2) is 59.5 Å². The van der Waals surface area contributed by atoms with Gasteiger partial charge in [-0.15, -0.1) is 11.8 Å². The summed E-state index contributed by atoms with van der Waals surface area (Å²) in [6.07, 6.45) is 1.64. The lowest BCUT2D eigenvalue weighted by Crippen LogP contribution is -2.47.